The molecule has 28 heavy (non-hydrogen) atoms. The first-order valence-electron chi connectivity index (χ1n) is 9.81. The second kappa shape index (κ2) is 6.88. The van der Waals surface area contributed by atoms with Crippen molar-refractivity contribution >= 4 is 22.6 Å². The highest BCUT2D eigenvalue weighted by Crippen LogP contribution is 2.38. The summed E-state index contributed by atoms with van der Waals surface area (Å²) in [5, 5.41) is 9.50. The number of halogens is 1. The van der Waals surface area contributed by atoms with E-state index in [4.69, 9.17) is 0 Å². The van der Waals surface area contributed by atoms with Gasteiger partial charge in [0.15, 0.2) is 0 Å². The van der Waals surface area contributed by atoms with Gasteiger partial charge in [0.2, 0.25) is 5.43 Å². The van der Waals surface area contributed by atoms with Gasteiger partial charge in [-0.1, -0.05) is 6.92 Å². The van der Waals surface area contributed by atoms with Crippen molar-refractivity contribution in [3.05, 3.63) is 39.9 Å². The van der Waals surface area contributed by atoms with Crippen LogP contribution in [0, 0.1) is 11.7 Å². The molecule has 2 heterocycles. The summed E-state index contributed by atoms with van der Waals surface area (Å²) in [6.07, 6.45) is 4.25. The number of hydrogen-bond donors (Lipinski definition) is 1. The number of benzene rings is 1. The number of aromatic nitrogens is 1. The summed E-state index contributed by atoms with van der Waals surface area (Å²) in [5.41, 5.74) is 0.196. The number of pyridine rings is 1. The van der Waals surface area contributed by atoms with E-state index in [0.29, 0.717) is 23.2 Å². The van der Waals surface area contributed by atoms with Crippen LogP contribution in [0.2, 0.25) is 0 Å². The molecule has 1 aromatic carbocycles. The van der Waals surface area contributed by atoms with Crippen LogP contribution in [0.4, 0.5) is 10.1 Å². The first-order chi connectivity index (χ1) is 13.3. The first-order valence-corrected chi connectivity index (χ1v) is 9.81. The third kappa shape index (κ3) is 3.17. The van der Waals surface area contributed by atoms with Gasteiger partial charge in [-0.25, -0.2) is 9.18 Å². The van der Waals surface area contributed by atoms with E-state index in [9.17, 15) is 14.7 Å². The molecule has 1 aliphatic carbocycles. The minimum absolute atomic E-state index is 0.143. The number of hydrogen-bond acceptors (Lipinski definition) is 4. The van der Waals surface area contributed by atoms with Gasteiger partial charge in [0.05, 0.1) is 11.2 Å². The molecule has 0 bridgehead atoms. The Balaban J connectivity index is 1.80. The van der Waals surface area contributed by atoms with E-state index in [-0.39, 0.29) is 17.0 Å². The average molecular weight is 387 g/mol. The van der Waals surface area contributed by atoms with Gasteiger partial charge in [0, 0.05) is 36.8 Å². The minimum atomic E-state index is -1.27. The van der Waals surface area contributed by atoms with Crippen molar-refractivity contribution < 1.29 is 14.3 Å². The summed E-state index contributed by atoms with van der Waals surface area (Å²) >= 11 is 0. The molecule has 2 aliphatic rings. The number of carboxylic acid groups (broad SMARTS) is 1. The number of carbonyl (C=O) groups is 1. The normalized spacial score (nSPS) is 22.8. The number of nitrogens with zero attached hydrogens (tertiary/aromatic N) is 3. The quantitative estimate of drug-likeness (QED) is 0.874. The van der Waals surface area contributed by atoms with Gasteiger partial charge >= 0.3 is 5.97 Å². The lowest BCUT2D eigenvalue weighted by Crippen LogP contribution is -2.48. The van der Waals surface area contributed by atoms with Crippen LogP contribution in [0.15, 0.2) is 23.1 Å². The summed E-state index contributed by atoms with van der Waals surface area (Å²) < 4.78 is 16.8. The second-order valence-corrected chi connectivity index (χ2v) is 8.38. The van der Waals surface area contributed by atoms with Gasteiger partial charge in [-0.05, 0) is 51.4 Å². The number of fused-ring (bicyclic) bond motifs is 1. The fourth-order valence-electron chi connectivity index (χ4n) is 4.53. The molecule has 1 N–H and O–H groups in total. The van der Waals surface area contributed by atoms with Crippen LogP contribution in [0.3, 0.4) is 0 Å². The highest BCUT2D eigenvalue weighted by Gasteiger charge is 2.31. The molecule has 2 atom stereocenters. The molecule has 0 spiro atoms. The molecule has 1 aromatic heterocycles. The summed E-state index contributed by atoms with van der Waals surface area (Å²) in [5.74, 6) is -1.35. The first kappa shape index (κ1) is 18.9. The number of carboxylic acids is 1. The fourth-order valence-corrected chi connectivity index (χ4v) is 4.53. The van der Waals surface area contributed by atoms with E-state index in [1.165, 1.54) is 12.3 Å². The molecule has 7 heteroatoms. The van der Waals surface area contributed by atoms with E-state index in [2.05, 4.69) is 25.9 Å². The Kier molecular flexibility index (Phi) is 4.65. The molecule has 0 radical (unpaired) electrons. The number of rotatable bonds is 4. The molecule has 4 rings (SSSR count). The lowest BCUT2D eigenvalue weighted by atomic mass is 9.92. The standard InChI is InChI=1S/C21H26FN3O3/c1-12-10-24(7-6-17(12)23(2)3)19-9-18-14(8-16(19)22)20(26)15(21(27)28)11-25(18)13-4-5-13/h8-9,11-13,17H,4-7,10H2,1-3H3,(H,27,28). The van der Waals surface area contributed by atoms with Crippen molar-refractivity contribution in [2.75, 3.05) is 32.1 Å². The van der Waals surface area contributed by atoms with Crippen LogP contribution in [0.25, 0.3) is 10.9 Å². The van der Waals surface area contributed by atoms with Crippen LogP contribution in [-0.2, 0) is 0 Å². The molecule has 1 aliphatic heterocycles. The molecular weight excluding hydrogens is 361 g/mol. The van der Waals surface area contributed by atoms with Crippen LogP contribution in [0.1, 0.15) is 42.6 Å². The molecule has 1 saturated heterocycles. The maximum Gasteiger partial charge on any atom is 0.341 e. The fraction of sp³-hybridized carbons (Fsp3) is 0.524. The Hall–Kier alpha value is -2.41. The summed E-state index contributed by atoms with van der Waals surface area (Å²) in [4.78, 5) is 28.3. The third-order valence-corrected chi connectivity index (χ3v) is 6.14. The Bertz CT molecular complexity index is 997. The van der Waals surface area contributed by atoms with Crippen molar-refractivity contribution in [3.63, 3.8) is 0 Å². The van der Waals surface area contributed by atoms with Crippen molar-refractivity contribution in [2.24, 2.45) is 5.92 Å². The van der Waals surface area contributed by atoms with Gasteiger partial charge in [0.25, 0.3) is 0 Å². The molecule has 6 nitrogen and oxygen atoms in total. The molecular formula is C21H26FN3O3. The number of piperidine rings is 1. The maximum absolute atomic E-state index is 15.0. The van der Waals surface area contributed by atoms with Crippen LogP contribution >= 0.6 is 0 Å². The highest BCUT2D eigenvalue weighted by atomic mass is 19.1. The molecule has 2 fully saturated rings. The van der Waals surface area contributed by atoms with Crippen molar-refractivity contribution in [1.82, 2.24) is 9.47 Å². The Morgan fingerprint density at radius 2 is 1.96 bits per heavy atom. The lowest BCUT2D eigenvalue weighted by molar-refractivity contribution is 0.0695. The second-order valence-electron chi connectivity index (χ2n) is 8.38. The molecule has 1 saturated carbocycles. The van der Waals surface area contributed by atoms with Crippen LogP contribution in [-0.4, -0.2) is 53.8 Å². The zero-order valence-corrected chi connectivity index (χ0v) is 16.5. The summed E-state index contributed by atoms with van der Waals surface area (Å²) in [7, 11) is 4.14. The van der Waals surface area contributed by atoms with Gasteiger partial charge in [-0.15, -0.1) is 0 Å². The summed E-state index contributed by atoms with van der Waals surface area (Å²) in [6.45, 7) is 3.66. The SMILES string of the molecule is CC1CN(c2cc3c(cc2F)c(=O)c(C(=O)O)cn3C2CC2)CCC1N(C)C. The van der Waals surface area contributed by atoms with Crippen molar-refractivity contribution in [1.29, 1.82) is 0 Å². The zero-order chi connectivity index (χ0) is 20.2. The Labute approximate surface area is 163 Å². The molecule has 150 valence electrons. The summed E-state index contributed by atoms with van der Waals surface area (Å²) in [6, 6.07) is 3.60. The van der Waals surface area contributed by atoms with Gasteiger partial charge < -0.3 is 19.5 Å². The lowest BCUT2D eigenvalue weighted by Gasteiger charge is -2.41. The number of anilines is 1. The zero-order valence-electron chi connectivity index (χ0n) is 16.5. The van der Waals surface area contributed by atoms with Gasteiger partial charge in [-0.3, -0.25) is 4.79 Å². The average Bonchev–Trinajstić information content (AvgIpc) is 3.46. The van der Waals surface area contributed by atoms with E-state index < -0.39 is 17.2 Å². The van der Waals surface area contributed by atoms with Crippen molar-refractivity contribution in [2.45, 2.75) is 38.3 Å². The Morgan fingerprint density at radius 1 is 1.25 bits per heavy atom. The van der Waals surface area contributed by atoms with E-state index >= 15 is 4.39 Å². The molecule has 0 amide bonds. The maximum atomic E-state index is 15.0. The van der Waals surface area contributed by atoms with Crippen LogP contribution in [0.5, 0.6) is 0 Å². The topological polar surface area (TPSA) is 65.8 Å². The Morgan fingerprint density at radius 3 is 2.54 bits per heavy atom. The molecule has 2 aromatic rings. The molecule has 2 unspecified atom stereocenters. The van der Waals surface area contributed by atoms with Crippen LogP contribution < -0.4 is 10.3 Å². The minimum Gasteiger partial charge on any atom is -0.477 e. The van der Waals surface area contributed by atoms with Gasteiger partial charge in [0.1, 0.15) is 11.4 Å². The predicted molar refractivity (Wildman–Crippen MR) is 107 cm³/mol. The predicted octanol–water partition coefficient (Wildman–Crippen LogP) is 2.95. The highest BCUT2D eigenvalue weighted by molar-refractivity contribution is 5.93. The monoisotopic (exact) mass is 387 g/mol. The largest absolute Gasteiger partial charge is 0.477 e. The third-order valence-electron chi connectivity index (χ3n) is 6.14. The van der Waals surface area contributed by atoms with E-state index in [1.54, 1.807) is 6.07 Å². The van der Waals surface area contributed by atoms with E-state index in [0.717, 1.165) is 32.4 Å². The van der Waals surface area contributed by atoms with Gasteiger partial charge in [-0.2, -0.15) is 0 Å². The smallest absolute Gasteiger partial charge is 0.341 e. The van der Waals surface area contributed by atoms with E-state index in [1.807, 2.05) is 9.47 Å². The number of aromatic carboxylic acids is 1. The van der Waals surface area contributed by atoms with Crippen molar-refractivity contribution in [3.8, 4) is 0 Å².